The molecule has 0 radical (unpaired) electrons. The van der Waals surface area contributed by atoms with Crippen LogP contribution in [0, 0.1) is 6.92 Å². The molecule has 0 saturated heterocycles. The van der Waals surface area contributed by atoms with Crippen LogP contribution in [0.5, 0.6) is 0 Å². The van der Waals surface area contributed by atoms with Crippen molar-refractivity contribution in [3.05, 3.63) is 16.5 Å². The van der Waals surface area contributed by atoms with Gasteiger partial charge in [0.1, 0.15) is 5.00 Å². The molecular formula is C12H16N2O3S. The number of ether oxygens (including phenoxy) is 1. The van der Waals surface area contributed by atoms with Gasteiger partial charge in [-0.25, -0.2) is 9.59 Å². The summed E-state index contributed by atoms with van der Waals surface area (Å²) < 4.78 is 4.95. The van der Waals surface area contributed by atoms with E-state index in [-0.39, 0.29) is 12.1 Å². The molecule has 1 aromatic heterocycles. The van der Waals surface area contributed by atoms with Gasteiger partial charge in [-0.1, -0.05) is 0 Å². The average molecular weight is 268 g/mol. The molecule has 1 saturated carbocycles. The Morgan fingerprint density at radius 2 is 2.22 bits per heavy atom. The Kier molecular flexibility index (Phi) is 3.86. The van der Waals surface area contributed by atoms with E-state index in [1.165, 1.54) is 11.3 Å². The Morgan fingerprint density at radius 3 is 2.83 bits per heavy atom. The predicted molar refractivity (Wildman–Crippen MR) is 70.2 cm³/mol. The SMILES string of the molecule is CCOC(=O)c1cc(C)sc1NC(=O)NC1CC1. The lowest BCUT2D eigenvalue weighted by atomic mass is 10.3. The Hall–Kier alpha value is -1.56. The first kappa shape index (κ1) is 12.9. The summed E-state index contributed by atoms with van der Waals surface area (Å²) in [5.41, 5.74) is 0.422. The van der Waals surface area contributed by atoms with Crippen molar-refractivity contribution in [1.29, 1.82) is 0 Å². The first-order valence-corrected chi connectivity index (χ1v) is 6.77. The first-order chi connectivity index (χ1) is 8.60. The molecule has 1 aliphatic rings. The molecule has 0 atom stereocenters. The zero-order chi connectivity index (χ0) is 13.1. The molecule has 0 bridgehead atoms. The van der Waals surface area contributed by atoms with Crippen molar-refractivity contribution >= 4 is 28.3 Å². The maximum atomic E-state index is 11.7. The summed E-state index contributed by atoms with van der Waals surface area (Å²) in [7, 11) is 0. The number of amides is 2. The molecule has 0 unspecified atom stereocenters. The van der Waals surface area contributed by atoms with Crippen molar-refractivity contribution in [2.75, 3.05) is 11.9 Å². The number of hydrogen-bond donors (Lipinski definition) is 2. The fourth-order valence-electron chi connectivity index (χ4n) is 1.52. The van der Waals surface area contributed by atoms with Gasteiger partial charge in [-0.05, 0) is 32.8 Å². The van der Waals surface area contributed by atoms with Crippen LogP contribution in [0.4, 0.5) is 9.80 Å². The van der Waals surface area contributed by atoms with Crippen LogP contribution in [0.25, 0.3) is 0 Å². The molecule has 0 aromatic carbocycles. The predicted octanol–water partition coefficient (Wildman–Crippen LogP) is 2.52. The van der Waals surface area contributed by atoms with E-state index >= 15 is 0 Å². The van der Waals surface area contributed by atoms with Gasteiger partial charge in [0.25, 0.3) is 0 Å². The molecule has 2 amide bonds. The minimum absolute atomic E-state index is 0.259. The number of nitrogens with one attached hydrogen (secondary N) is 2. The summed E-state index contributed by atoms with van der Waals surface area (Å²) >= 11 is 1.37. The van der Waals surface area contributed by atoms with Crippen LogP contribution < -0.4 is 10.6 Å². The van der Waals surface area contributed by atoms with Crippen LogP contribution in [-0.2, 0) is 4.74 Å². The smallest absolute Gasteiger partial charge is 0.341 e. The van der Waals surface area contributed by atoms with Crippen molar-refractivity contribution in [2.45, 2.75) is 32.7 Å². The molecule has 2 N–H and O–H groups in total. The highest BCUT2D eigenvalue weighted by atomic mass is 32.1. The normalized spacial score (nSPS) is 14.1. The minimum Gasteiger partial charge on any atom is -0.462 e. The lowest BCUT2D eigenvalue weighted by molar-refractivity contribution is 0.0528. The number of aryl methyl sites for hydroxylation is 1. The largest absolute Gasteiger partial charge is 0.462 e. The second-order valence-corrected chi connectivity index (χ2v) is 5.45. The van der Waals surface area contributed by atoms with Crippen LogP contribution in [0.15, 0.2) is 6.07 Å². The summed E-state index contributed by atoms with van der Waals surface area (Å²) in [5.74, 6) is -0.399. The van der Waals surface area contributed by atoms with Crippen molar-refractivity contribution in [2.24, 2.45) is 0 Å². The monoisotopic (exact) mass is 268 g/mol. The van der Waals surface area contributed by atoms with Crippen LogP contribution in [-0.4, -0.2) is 24.6 Å². The van der Waals surface area contributed by atoms with Gasteiger partial charge in [-0.3, -0.25) is 5.32 Å². The number of thiophene rings is 1. The zero-order valence-corrected chi connectivity index (χ0v) is 11.2. The van der Waals surface area contributed by atoms with Crippen LogP contribution in [0.2, 0.25) is 0 Å². The molecule has 6 heteroatoms. The molecule has 1 fully saturated rings. The molecule has 1 heterocycles. The fourth-order valence-corrected chi connectivity index (χ4v) is 2.41. The summed E-state index contributed by atoms with van der Waals surface area (Å²) in [6.07, 6.45) is 2.06. The Labute approximate surface area is 110 Å². The Balaban J connectivity index is 2.05. The zero-order valence-electron chi connectivity index (χ0n) is 10.4. The number of urea groups is 1. The Bertz CT molecular complexity index is 466. The first-order valence-electron chi connectivity index (χ1n) is 5.95. The lowest BCUT2D eigenvalue weighted by Crippen LogP contribution is -2.30. The van der Waals surface area contributed by atoms with Gasteiger partial charge in [-0.15, -0.1) is 11.3 Å². The van der Waals surface area contributed by atoms with Gasteiger partial charge in [0.05, 0.1) is 12.2 Å². The van der Waals surface area contributed by atoms with Gasteiger partial charge in [0.15, 0.2) is 0 Å². The number of carbonyl (C=O) groups excluding carboxylic acids is 2. The molecule has 1 aliphatic carbocycles. The third-order valence-electron chi connectivity index (χ3n) is 2.49. The highest BCUT2D eigenvalue weighted by Crippen LogP contribution is 2.28. The fraction of sp³-hybridized carbons (Fsp3) is 0.500. The third kappa shape index (κ3) is 3.22. The van der Waals surface area contributed by atoms with Crippen molar-refractivity contribution in [3.63, 3.8) is 0 Å². The van der Waals surface area contributed by atoms with Crippen LogP contribution in [0.3, 0.4) is 0 Å². The van der Waals surface area contributed by atoms with Crippen molar-refractivity contribution < 1.29 is 14.3 Å². The van der Waals surface area contributed by atoms with Crippen molar-refractivity contribution in [3.8, 4) is 0 Å². The summed E-state index contributed by atoms with van der Waals surface area (Å²) in [4.78, 5) is 24.3. The Morgan fingerprint density at radius 1 is 1.50 bits per heavy atom. The van der Waals surface area contributed by atoms with E-state index in [0.717, 1.165) is 17.7 Å². The number of esters is 1. The standard InChI is InChI=1S/C12H16N2O3S/c1-3-17-11(15)9-6-7(2)18-10(9)14-12(16)13-8-4-5-8/h6,8H,3-5H2,1-2H3,(H2,13,14,16). The molecule has 1 aromatic rings. The topological polar surface area (TPSA) is 67.4 Å². The van der Waals surface area contributed by atoms with Gasteiger partial charge in [0, 0.05) is 10.9 Å². The maximum Gasteiger partial charge on any atom is 0.341 e. The molecule has 2 rings (SSSR count). The number of rotatable bonds is 4. The minimum atomic E-state index is -0.399. The van der Waals surface area contributed by atoms with Gasteiger partial charge in [-0.2, -0.15) is 0 Å². The number of carbonyl (C=O) groups is 2. The van der Waals surface area contributed by atoms with Gasteiger partial charge in [0.2, 0.25) is 0 Å². The lowest BCUT2D eigenvalue weighted by Gasteiger charge is -2.06. The van der Waals surface area contributed by atoms with E-state index in [0.29, 0.717) is 17.2 Å². The van der Waals surface area contributed by atoms with E-state index in [9.17, 15) is 9.59 Å². The van der Waals surface area contributed by atoms with E-state index in [4.69, 9.17) is 4.74 Å². The number of hydrogen-bond acceptors (Lipinski definition) is 4. The second kappa shape index (κ2) is 5.39. The van der Waals surface area contributed by atoms with E-state index in [2.05, 4.69) is 10.6 Å². The number of anilines is 1. The van der Waals surface area contributed by atoms with Crippen molar-refractivity contribution in [1.82, 2.24) is 5.32 Å². The maximum absolute atomic E-state index is 11.7. The highest BCUT2D eigenvalue weighted by molar-refractivity contribution is 7.16. The van der Waals surface area contributed by atoms with Gasteiger partial charge < -0.3 is 10.1 Å². The highest BCUT2D eigenvalue weighted by Gasteiger charge is 2.24. The van der Waals surface area contributed by atoms with Crippen LogP contribution in [0.1, 0.15) is 35.0 Å². The second-order valence-electron chi connectivity index (χ2n) is 4.19. The van der Waals surface area contributed by atoms with Gasteiger partial charge >= 0.3 is 12.0 Å². The molecule has 0 aliphatic heterocycles. The van der Waals surface area contributed by atoms with E-state index in [1.807, 2.05) is 6.92 Å². The molecule has 0 spiro atoms. The third-order valence-corrected chi connectivity index (χ3v) is 3.46. The quantitative estimate of drug-likeness (QED) is 0.824. The molecule has 5 nitrogen and oxygen atoms in total. The van der Waals surface area contributed by atoms with Crippen LogP contribution >= 0.6 is 11.3 Å². The van der Waals surface area contributed by atoms with E-state index < -0.39 is 5.97 Å². The molecular weight excluding hydrogens is 252 g/mol. The molecule has 98 valence electrons. The van der Waals surface area contributed by atoms with E-state index in [1.54, 1.807) is 13.0 Å². The summed E-state index contributed by atoms with van der Waals surface area (Å²) in [6, 6.07) is 1.76. The molecule has 18 heavy (non-hydrogen) atoms. The average Bonchev–Trinajstić information content (AvgIpc) is 3.02. The summed E-state index contributed by atoms with van der Waals surface area (Å²) in [6.45, 7) is 3.96. The summed E-state index contributed by atoms with van der Waals surface area (Å²) in [5, 5.41) is 6.07.